The Kier molecular flexibility index (Phi) is 5.85. The van der Waals surface area contributed by atoms with Crippen LogP contribution in [0.3, 0.4) is 0 Å². The van der Waals surface area contributed by atoms with Gasteiger partial charge in [0.15, 0.2) is 10.9 Å². The summed E-state index contributed by atoms with van der Waals surface area (Å²) in [4.78, 5) is 16.2. The number of rotatable bonds is 3. The molecule has 24 heavy (non-hydrogen) atoms. The summed E-state index contributed by atoms with van der Waals surface area (Å²) in [6, 6.07) is 8.31. The van der Waals surface area contributed by atoms with Gasteiger partial charge >= 0.3 is 0 Å². The van der Waals surface area contributed by atoms with Gasteiger partial charge in [0, 0.05) is 43.5 Å². The van der Waals surface area contributed by atoms with E-state index in [1.807, 2.05) is 24.3 Å². The highest BCUT2D eigenvalue weighted by molar-refractivity contribution is 7.80. The molecule has 1 aliphatic heterocycles. The van der Waals surface area contributed by atoms with E-state index in [-0.39, 0.29) is 5.78 Å². The molecule has 0 atom stereocenters. The van der Waals surface area contributed by atoms with Crippen LogP contribution in [0.1, 0.15) is 49.4 Å². The van der Waals surface area contributed by atoms with Gasteiger partial charge in [0.1, 0.15) is 0 Å². The zero-order valence-corrected chi connectivity index (χ0v) is 15.3. The fourth-order valence-corrected chi connectivity index (χ4v) is 4.03. The van der Waals surface area contributed by atoms with E-state index < -0.39 is 0 Å². The molecule has 5 heteroatoms. The molecule has 0 radical (unpaired) electrons. The van der Waals surface area contributed by atoms with Gasteiger partial charge in [-0.3, -0.25) is 9.69 Å². The highest BCUT2D eigenvalue weighted by atomic mass is 32.1. The number of nitrogens with one attached hydrogen (secondary N) is 1. The molecular weight excluding hydrogens is 318 g/mol. The van der Waals surface area contributed by atoms with Gasteiger partial charge in [-0.1, -0.05) is 19.3 Å². The summed E-state index contributed by atoms with van der Waals surface area (Å²) in [6.07, 6.45) is 6.92. The lowest BCUT2D eigenvalue weighted by atomic mass is 9.94. The lowest BCUT2D eigenvalue weighted by Gasteiger charge is -2.41. The van der Waals surface area contributed by atoms with Crippen molar-refractivity contribution >= 4 is 28.8 Å². The van der Waals surface area contributed by atoms with Crippen LogP contribution in [0.5, 0.6) is 0 Å². The van der Waals surface area contributed by atoms with Crippen LogP contribution in [-0.2, 0) is 0 Å². The second-order valence-electron chi connectivity index (χ2n) is 6.88. The van der Waals surface area contributed by atoms with Gasteiger partial charge in [-0.05, 0) is 56.2 Å². The van der Waals surface area contributed by atoms with Crippen molar-refractivity contribution in [1.29, 1.82) is 0 Å². The van der Waals surface area contributed by atoms with Crippen molar-refractivity contribution < 1.29 is 4.79 Å². The number of carbonyl (C=O) groups is 1. The van der Waals surface area contributed by atoms with Gasteiger partial charge < -0.3 is 10.2 Å². The molecule has 2 aliphatic rings. The lowest BCUT2D eigenvalue weighted by Crippen LogP contribution is -2.53. The van der Waals surface area contributed by atoms with Crippen LogP contribution in [0.4, 0.5) is 5.69 Å². The largest absolute Gasteiger partial charge is 0.346 e. The van der Waals surface area contributed by atoms with E-state index >= 15 is 0 Å². The molecule has 1 aromatic rings. The van der Waals surface area contributed by atoms with Crippen LogP contribution < -0.4 is 5.32 Å². The topological polar surface area (TPSA) is 35.6 Å². The molecule has 0 bridgehead atoms. The quantitative estimate of drug-likeness (QED) is 0.670. The minimum Gasteiger partial charge on any atom is -0.346 e. The van der Waals surface area contributed by atoms with Gasteiger partial charge in [-0.2, -0.15) is 0 Å². The van der Waals surface area contributed by atoms with Gasteiger partial charge in [-0.25, -0.2) is 0 Å². The van der Waals surface area contributed by atoms with Crippen molar-refractivity contribution in [1.82, 2.24) is 9.80 Å². The average molecular weight is 346 g/mol. The summed E-state index contributed by atoms with van der Waals surface area (Å²) >= 11 is 5.56. The van der Waals surface area contributed by atoms with E-state index in [4.69, 9.17) is 12.2 Å². The predicted octanol–water partition coefficient (Wildman–Crippen LogP) is 3.54. The van der Waals surface area contributed by atoms with Crippen LogP contribution in [-0.4, -0.2) is 52.9 Å². The second kappa shape index (κ2) is 8.08. The number of benzene rings is 1. The normalized spacial score (nSPS) is 20.0. The van der Waals surface area contributed by atoms with Crippen LogP contribution in [0.25, 0.3) is 0 Å². The van der Waals surface area contributed by atoms with E-state index in [0.29, 0.717) is 0 Å². The number of hydrogen-bond acceptors (Lipinski definition) is 3. The third-order valence-electron chi connectivity index (χ3n) is 5.24. The Bertz CT molecular complexity index is 573. The molecule has 0 amide bonds. The molecule has 0 aromatic heterocycles. The molecule has 1 saturated heterocycles. The Morgan fingerprint density at radius 2 is 1.67 bits per heavy atom. The maximum absolute atomic E-state index is 11.3. The monoisotopic (exact) mass is 345 g/mol. The van der Waals surface area contributed by atoms with Crippen molar-refractivity contribution in [2.75, 3.05) is 31.5 Å². The van der Waals surface area contributed by atoms with Gasteiger partial charge in [-0.15, -0.1) is 0 Å². The Hall–Kier alpha value is -1.46. The SMILES string of the molecule is CC(=O)c1ccc(NC(=S)N2CCN(C3CCCCC3)CC2)cc1. The molecule has 0 unspecified atom stereocenters. The molecule has 130 valence electrons. The van der Waals surface area contributed by atoms with Crippen molar-refractivity contribution in [3.63, 3.8) is 0 Å². The highest BCUT2D eigenvalue weighted by Gasteiger charge is 2.25. The zero-order valence-electron chi connectivity index (χ0n) is 14.5. The first kappa shape index (κ1) is 17.4. The number of nitrogens with zero attached hydrogens (tertiary/aromatic N) is 2. The summed E-state index contributed by atoms with van der Waals surface area (Å²) in [5.74, 6) is 0.0861. The first-order valence-corrected chi connectivity index (χ1v) is 9.45. The first-order chi connectivity index (χ1) is 11.6. The van der Waals surface area contributed by atoms with Crippen LogP contribution in [0, 0.1) is 0 Å². The summed E-state index contributed by atoms with van der Waals surface area (Å²) < 4.78 is 0. The number of anilines is 1. The number of hydrogen-bond donors (Lipinski definition) is 1. The second-order valence-corrected chi connectivity index (χ2v) is 7.27. The van der Waals surface area contributed by atoms with Crippen LogP contribution >= 0.6 is 12.2 Å². The molecule has 0 spiro atoms. The number of piperazine rings is 1. The highest BCUT2D eigenvalue weighted by Crippen LogP contribution is 2.23. The molecule has 4 nitrogen and oxygen atoms in total. The molecule has 3 rings (SSSR count). The number of Topliss-reactive ketones (excluding diaryl/α,β-unsaturated/α-hetero) is 1. The van der Waals surface area contributed by atoms with E-state index in [1.165, 1.54) is 32.1 Å². The lowest BCUT2D eigenvalue weighted by molar-refractivity contribution is 0.101. The third kappa shape index (κ3) is 4.33. The Labute approximate surface area is 150 Å². The molecule has 2 fully saturated rings. The Morgan fingerprint density at radius 3 is 2.25 bits per heavy atom. The predicted molar refractivity (Wildman–Crippen MR) is 103 cm³/mol. The minimum absolute atomic E-state index is 0.0861. The molecule has 1 aliphatic carbocycles. The molecule has 1 heterocycles. The maximum atomic E-state index is 11.3. The number of thiocarbonyl (C=S) groups is 1. The number of ketones is 1. The van der Waals surface area contributed by atoms with Gasteiger partial charge in [0.05, 0.1) is 0 Å². The van der Waals surface area contributed by atoms with Gasteiger partial charge in [0.25, 0.3) is 0 Å². The average Bonchev–Trinajstić information content (AvgIpc) is 2.63. The molecular formula is C19H27N3OS. The summed E-state index contributed by atoms with van der Waals surface area (Å²) in [5.41, 5.74) is 1.67. The summed E-state index contributed by atoms with van der Waals surface area (Å²) in [5, 5.41) is 4.09. The maximum Gasteiger partial charge on any atom is 0.173 e. The Balaban J connectivity index is 1.48. The van der Waals surface area contributed by atoms with Crippen LogP contribution in [0.15, 0.2) is 24.3 Å². The third-order valence-corrected chi connectivity index (χ3v) is 5.60. The van der Waals surface area contributed by atoms with Gasteiger partial charge in [0.2, 0.25) is 0 Å². The molecule has 1 saturated carbocycles. The van der Waals surface area contributed by atoms with E-state index in [1.54, 1.807) is 6.92 Å². The summed E-state index contributed by atoms with van der Waals surface area (Å²) in [7, 11) is 0. The Morgan fingerprint density at radius 1 is 1.04 bits per heavy atom. The van der Waals surface area contributed by atoms with Crippen molar-refractivity contribution in [2.45, 2.75) is 45.1 Å². The number of carbonyl (C=O) groups excluding carboxylic acids is 1. The van der Waals surface area contributed by atoms with Crippen LogP contribution in [0.2, 0.25) is 0 Å². The summed E-state index contributed by atoms with van der Waals surface area (Å²) in [6.45, 7) is 5.78. The molecule has 1 N–H and O–H groups in total. The van der Waals surface area contributed by atoms with E-state index in [2.05, 4.69) is 15.1 Å². The standard InChI is InChI=1S/C19H27N3OS/c1-15(23)16-7-9-17(10-8-16)20-19(24)22-13-11-21(12-14-22)18-5-3-2-4-6-18/h7-10,18H,2-6,11-14H2,1H3,(H,20,24). The van der Waals surface area contributed by atoms with Crippen molar-refractivity contribution in [2.24, 2.45) is 0 Å². The van der Waals surface area contributed by atoms with E-state index in [9.17, 15) is 4.79 Å². The minimum atomic E-state index is 0.0861. The first-order valence-electron chi connectivity index (χ1n) is 9.04. The fraction of sp³-hybridized carbons (Fsp3) is 0.579. The van der Waals surface area contributed by atoms with Crippen molar-refractivity contribution in [3.8, 4) is 0 Å². The van der Waals surface area contributed by atoms with E-state index in [0.717, 1.165) is 48.6 Å². The smallest absolute Gasteiger partial charge is 0.173 e. The molecule has 1 aromatic carbocycles. The fourth-order valence-electron chi connectivity index (χ4n) is 3.73. The zero-order chi connectivity index (χ0) is 16.9. The van der Waals surface area contributed by atoms with Crippen molar-refractivity contribution in [3.05, 3.63) is 29.8 Å².